The standard InChI is InChI=1S/C15H23NO3/c1-5-16(15(17)11-19-6-2)12(3)13-8-7-9-14(10-13)18-4/h7-10,12H,5-6,11H2,1-4H3. The average Bonchev–Trinajstić information content (AvgIpc) is 2.45. The van der Waals surface area contributed by atoms with Crippen LogP contribution in [0, 0.1) is 0 Å². The van der Waals surface area contributed by atoms with Gasteiger partial charge in [0.2, 0.25) is 5.91 Å². The maximum absolute atomic E-state index is 12.1. The van der Waals surface area contributed by atoms with Crippen molar-refractivity contribution in [1.82, 2.24) is 4.90 Å². The van der Waals surface area contributed by atoms with Crippen LogP contribution < -0.4 is 4.74 Å². The number of benzene rings is 1. The number of carbonyl (C=O) groups is 1. The zero-order chi connectivity index (χ0) is 14.3. The van der Waals surface area contributed by atoms with E-state index in [-0.39, 0.29) is 18.6 Å². The summed E-state index contributed by atoms with van der Waals surface area (Å²) in [7, 11) is 1.64. The van der Waals surface area contributed by atoms with Gasteiger partial charge in [0.1, 0.15) is 12.4 Å². The van der Waals surface area contributed by atoms with E-state index in [4.69, 9.17) is 9.47 Å². The minimum Gasteiger partial charge on any atom is -0.497 e. The van der Waals surface area contributed by atoms with Crippen LogP contribution in [0.1, 0.15) is 32.4 Å². The molecule has 19 heavy (non-hydrogen) atoms. The van der Waals surface area contributed by atoms with E-state index in [0.29, 0.717) is 13.2 Å². The molecule has 0 aliphatic carbocycles. The highest BCUT2D eigenvalue weighted by atomic mass is 16.5. The van der Waals surface area contributed by atoms with Crippen LogP contribution in [-0.4, -0.2) is 37.7 Å². The molecule has 1 aromatic carbocycles. The monoisotopic (exact) mass is 265 g/mol. The van der Waals surface area contributed by atoms with Crippen molar-refractivity contribution in [2.45, 2.75) is 26.8 Å². The Kier molecular flexibility index (Phi) is 6.36. The van der Waals surface area contributed by atoms with Gasteiger partial charge >= 0.3 is 0 Å². The normalized spacial score (nSPS) is 12.0. The maximum Gasteiger partial charge on any atom is 0.249 e. The molecule has 0 heterocycles. The minimum absolute atomic E-state index is 0.00746. The summed E-state index contributed by atoms with van der Waals surface area (Å²) < 4.78 is 10.4. The third-order valence-corrected chi connectivity index (χ3v) is 3.13. The summed E-state index contributed by atoms with van der Waals surface area (Å²) in [5, 5.41) is 0. The Morgan fingerprint density at radius 2 is 2.11 bits per heavy atom. The molecule has 0 saturated carbocycles. The number of methoxy groups -OCH3 is 1. The molecule has 0 bridgehead atoms. The van der Waals surface area contributed by atoms with Crippen molar-refractivity contribution in [3.63, 3.8) is 0 Å². The summed E-state index contributed by atoms with van der Waals surface area (Å²) in [5.41, 5.74) is 1.06. The summed E-state index contributed by atoms with van der Waals surface area (Å²) in [4.78, 5) is 13.9. The van der Waals surface area contributed by atoms with Crippen molar-refractivity contribution in [2.24, 2.45) is 0 Å². The summed E-state index contributed by atoms with van der Waals surface area (Å²) in [5.74, 6) is 0.817. The summed E-state index contributed by atoms with van der Waals surface area (Å²) in [6.45, 7) is 7.22. The smallest absolute Gasteiger partial charge is 0.249 e. The topological polar surface area (TPSA) is 38.8 Å². The molecule has 1 aromatic rings. The summed E-state index contributed by atoms with van der Waals surface area (Å²) in [6.07, 6.45) is 0. The predicted octanol–water partition coefficient (Wildman–Crippen LogP) is 2.64. The van der Waals surface area contributed by atoms with E-state index in [1.54, 1.807) is 7.11 Å². The number of rotatable bonds is 7. The Balaban J connectivity index is 2.82. The van der Waals surface area contributed by atoms with E-state index >= 15 is 0 Å². The third-order valence-electron chi connectivity index (χ3n) is 3.13. The van der Waals surface area contributed by atoms with E-state index in [0.717, 1.165) is 11.3 Å². The van der Waals surface area contributed by atoms with Crippen LogP contribution in [0.2, 0.25) is 0 Å². The number of hydrogen-bond donors (Lipinski definition) is 0. The first-order chi connectivity index (χ1) is 9.13. The molecular weight excluding hydrogens is 242 g/mol. The molecule has 0 aliphatic heterocycles. The van der Waals surface area contributed by atoms with E-state index in [1.807, 2.05) is 49.9 Å². The second-order valence-electron chi connectivity index (χ2n) is 4.27. The zero-order valence-electron chi connectivity index (χ0n) is 12.2. The molecule has 4 heteroatoms. The molecule has 0 N–H and O–H groups in total. The number of hydrogen-bond acceptors (Lipinski definition) is 3. The first-order valence-corrected chi connectivity index (χ1v) is 6.65. The highest BCUT2D eigenvalue weighted by molar-refractivity contribution is 5.78. The van der Waals surface area contributed by atoms with Crippen molar-refractivity contribution < 1.29 is 14.3 Å². The lowest BCUT2D eigenvalue weighted by molar-refractivity contribution is -0.137. The molecule has 0 spiro atoms. The summed E-state index contributed by atoms with van der Waals surface area (Å²) in [6, 6.07) is 7.80. The minimum atomic E-state index is 0.00746. The van der Waals surface area contributed by atoms with Gasteiger partial charge in [-0.15, -0.1) is 0 Å². The first-order valence-electron chi connectivity index (χ1n) is 6.65. The Bertz CT molecular complexity index is 406. The van der Waals surface area contributed by atoms with Gasteiger partial charge < -0.3 is 14.4 Å². The van der Waals surface area contributed by atoms with Crippen LogP contribution in [0.3, 0.4) is 0 Å². The number of ether oxygens (including phenoxy) is 2. The van der Waals surface area contributed by atoms with Crippen molar-refractivity contribution in [2.75, 3.05) is 26.9 Å². The average molecular weight is 265 g/mol. The number of amides is 1. The maximum atomic E-state index is 12.1. The Labute approximate surface area is 115 Å². The fourth-order valence-corrected chi connectivity index (χ4v) is 2.02. The number of likely N-dealkylation sites (N-methyl/N-ethyl adjacent to an activating group) is 1. The molecule has 1 unspecified atom stereocenters. The molecule has 0 aliphatic rings. The molecule has 0 aromatic heterocycles. The van der Waals surface area contributed by atoms with Gasteiger partial charge in [-0.05, 0) is 38.5 Å². The van der Waals surface area contributed by atoms with Crippen LogP contribution in [0.5, 0.6) is 5.75 Å². The molecule has 1 rings (SSSR count). The van der Waals surface area contributed by atoms with E-state index in [2.05, 4.69) is 0 Å². The van der Waals surface area contributed by atoms with Gasteiger partial charge in [0.25, 0.3) is 0 Å². The second kappa shape index (κ2) is 7.79. The van der Waals surface area contributed by atoms with Crippen molar-refractivity contribution >= 4 is 5.91 Å². The lowest BCUT2D eigenvalue weighted by Crippen LogP contribution is -2.36. The van der Waals surface area contributed by atoms with Crippen LogP contribution in [0.15, 0.2) is 24.3 Å². The molecular formula is C15H23NO3. The van der Waals surface area contributed by atoms with Crippen LogP contribution >= 0.6 is 0 Å². The van der Waals surface area contributed by atoms with Crippen molar-refractivity contribution in [3.8, 4) is 5.75 Å². The third kappa shape index (κ3) is 4.24. The van der Waals surface area contributed by atoms with Gasteiger partial charge in [-0.2, -0.15) is 0 Å². The van der Waals surface area contributed by atoms with Crippen molar-refractivity contribution in [1.29, 1.82) is 0 Å². The largest absolute Gasteiger partial charge is 0.497 e. The molecule has 106 valence electrons. The number of nitrogens with zero attached hydrogens (tertiary/aromatic N) is 1. The highest BCUT2D eigenvalue weighted by Gasteiger charge is 2.20. The fraction of sp³-hybridized carbons (Fsp3) is 0.533. The van der Waals surface area contributed by atoms with Gasteiger partial charge in [-0.3, -0.25) is 4.79 Å². The fourth-order valence-electron chi connectivity index (χ4n) is 2.02. The molecule has 4 nitrogen and oxygen atoms in total. The van der Waals surface area contributed by atoms with E-state index in [1.165, 1.54) is 0 Å². The predicted molar refractivity (Wildman–Crippen MR) is 75.3 cm³/mol. The Morgan fingerprint density at radius 1 is 1.37 bits per heavy atom. The molecule has 0 saturated heterocycles. The lowest BCUT2D eigenvalue weighted by atomic mass is 10.1. The molecule has 1 atom stereocenters. The molecule has 0 radical (unpaired) electrons. The van der Waals surface area contributed by atoms with Crippen LogP contribution in [-0.2, 0) is 9.53 Å². The van der Waals surface area contributed by atoms with E-state index in [9.17, 15) is 4.79 Å². The van der Waals surface area contributed by atoms with Gasteiger partial charge in [-0.1, -0.05) is 12.1 Å². The Morgan fingerprint density at radius 3 is 2.68 bits per heavy atom. The van der Waals surface area contributed by atoms with Gasteiger partial charge in [0, 0.05) is 13.2 Å². The molecule has 0 fully saturated rings. The Hall–Kier alpha value is -1.55. The first kappa shape index (κ1) is 15.5. The van der Waals surface area contributed by atoms with Gasteiger partial charge in [0.05, 0.1) is 13.2 Å². The lowest BCUT2D eigenvalue weighted by Gasteiger charge is -2.28. The second-order valence-corrected chi connectivity index (χ2v) is 4.27. The quantitative estimate of drug-likeness (QED) is 0.760. The van der Waals surface area contributed by atoms with Gasteiger partial charge in [-0.25, -0.2) is 0 Å². The SMILES string of the molecule is CCOCC(=O)N(CC)C(C)c1cccc(OC)c1. The van der Waals surface area contributed by atoms with Crippen LogP contribution in [0.4, 0.5) is 0 Å². The molecule has 1 amide bonds. The van der Waals surface area contributed by atoms with Crippen molar-refractivity contribution in [3.05, 3.63) is 29.8 Å². The zero-order valence-corrected chi connectivity index (χ0v) is 12.2. The highest BCUT2D eigenvalue weighted by Crippen LogP contribution is 2.23. The van der Waals surface area contributed by atoms with Crippen LogP contribution in [0.25, 0.3) is 0 Å². The van der Waals surface area contributed by atoms with E-state index < -0.39 is 0 Å². The number of carbonyl (C=O) groups excluding carboxylic acids is 1. The summed E-state index contributed by atoms with van der Waals surface area (Å²) >= 11 is 0. The van der Waals surface area contributed by atoms with Gasteiger partial charge in [0.15, 0.2) is 0 Å².